The first-order valence-corrected chi connectivity index (χ1v) is 7.24. The quantitative estimate of drug-likeness (QED) is 0.860. The van der Waals surface area contributed by atoms with Gasteiger partial charge in [0.05, 0.1) is 11.6 Å². The van der Waals surface area contributed by atoms with Gasteiger partial charge in [-0.05, 0) is 46.8 Å². The summed E-state index contributed by atoms with van der Waals surface area (Å²) in [7, 11) is 1.62. The topological polar surface area (TPSA) is 55.5 Å². The minimum absolute atomic E-state index is 0. The molecule has 1 atom stereocenters. The summed E-state index contributed by atoms with van der Waals surface area (Å²) < 4.78 is 5.87. The molecular weight excluding hydrogens is 330 g/mol. The molecule has 1 aliphatic carbocycles. The molecule has 5 heteroatoms. The van der Waals surface area contributed by atoms with Crippen molar-refractivity contribution in [1.82, 2.24) is 0 Å². The van der Waals surface area contributed by atoms with Gasteiger partial charge in [0.25, 0.3) is 0 Å². The van der Waals surface area contributed by atoms with E-state index in [2.05, 4.69) is 15.9 Å². The fraction of sp³-hybridized carbons (Fsp3) is 0.571. The molecule has 1 saturated carbocycles. The summed E-state index contributed by atoms with van der Waals surface area (Å²) in [5, 5.41) is 10.1. The van der Waals surface area contributed by atoms with Crippen LogP contribution < -0.4 is 10.5 Å². The largest absolute Gasteiger partial charge is 0.506 e. The second-order valence-electron chi connectivity index (χ2n) is 4.97. The number of phenols is 1. The summed E-state index contributed by atoms with van der Waals surface area (Å²) in [6.07, 6.45) is 6.08. The third kappa shape index (κ3) is 3.77. The maximum absolute atomic E-state index is 10.1. The number of rotatable bonds is 3. The van der Waals surface area contributed by atoms with Crippen LogP contribution in [0.1, 0.15) is 43.7 Å². The Balaban J connectivity index is 0.00000180. The minimum Gasteiger partial charge on any atom is -0.506 e. The van der Waals surface area contributed by atoms with Crippen molar-refractivity contribution in [3.63, 3.8) is 0 Å². The number of aromatic hydroxyl groups is 1. The van der Waals surface area contributed by atoms with Crippen LogP contribution in [0.5, 0.6) is 11.5 Å². The van der Waals surface area contributed by atoms with Crippen LogP contribution in [0.3, 0.4) is 0 Å². The van der Waals surface area contributed by atoms with Crippen molar-refractivity contribution in [3.05, 3.63) is 22.2 Å². The van der Waals surface area contributed by atoms with Crippen LogP contribution in [0.2, 0.25) is 0 Å². The van der Waals surface area contributed by atoms with Gasteiger partial charge in [0.15, 0.2) is 0 Å². The van der Waals surface area contributed by atoms with Crippen LogP contribution in [-0.2, 0) is 0 Å². The monoisotopic (exact) mass is 349 g/mol. The van der Waals surface area contributed by atoms with Crippen LogP contribution in [-0.4, -0.2) is 12.2 Å². The molecule has 1 aromatic rings. The van der Waals surface area contributed by atoms with Gasteiger partial charge in [-0.15, -0.1) is 12.4 Å². The van der Waals surface area contributed by atoms with E-state index in [9.17, 15) is 5.11 Å². The highest BCUT2D eigenvalue weighted by molar-refractivity contribution is 9.10. The Bertz CT molecular complexity index is 422. The Morgan fingerprint density at radius 3 is 2.53 bits per heavy atom. The molecule has 2 rings (SSSR count). The van der Waals surface area contributed by atoms with Crippen molar-refractivity contribution in [2.75, 3.05) is 7.11 Å². The fourth-order valence-electron chi connectivity index (χ4n) is 2.71. The summed E-state index contributed by atoms with van der Waals surface area (Å²) in [5.74, 6) is 1.43. The van der Waals surface area contributed by atoms with E-state index in [1.54, 1.807) is 13.2 Å². The summed E-state index contributed by atoms with van der Waals surface area (Å²) in [6, 6.07) is 3.49. The molecule has 0 bridgehead atoms. The van der Waals surface area contributed by atoms with Gasteiger partial charge in [0.1, 0.15) is 11.5 Å². The van der Waals surface area contributed by atoms with E-state index in [0.717, 1.165) is 24.2 Å². The van der Waals surface area contributed by atoms with Gasteiger partial charge in [0, 0.05) is 11.6 Å². The van der Waals surface area contributed by atoms with E-state index in [1.807, 2.05) is 6.07 Å². The van der Waals surface area contributed by atoms with Crippen LogP contribution >= 0.6 is 28.3 Å². The van der Waals surface area contributed by atoms with Gasteiger partial charge in [-0.3, -0.25) is 0 Å². The number of nitrogens with two attached hydrogens (primary N) is 1. The molecule has 0 aliphatic heterocycles. The molecule has 0 heterocycles. The number of hydrogen-bond donors (Lipinski definition) is 2. The molecule has 0 spiro atoms. The van der Waals surface area contributed by atoms with Gasteiger partial charge in [-0.1, -0.05) is 19.3 Å². The lowest BCUT2D eigenvalue weighted by Gasteiger charge is -2.28. The highest BCUT2D eigenvalue weighted by Gasteiger charge is 2.25. The van der Waals surface area contributed by atoms with Gasteiger partial charge >= 0.3 is 0 Å². The predicted octanol–water partition coefficient (Wildman–Crippen LogP) is 4.17. The van der Waals surface area contributed by atoms with Crippen molar-refractivity contribution in [2.24, 2.45) is 11.7 Å². The van der Waals surface area contributed by atoms with E-state index in [4.69, 9.17) is 10.5 Å². The van der Waals surface area contributed by atoms with E-state index >= 15 is 0 Å². The second-order valence-corrected chi connectivity index (χ2v) is 5.83. The molecule has 19 heavy (non-hydrogen) atoms. The van der Waals surface area contributed by atoms with Crippen molar-refractivity contribution in [1.29, 1.82) is 0 Å². The van der Waals surface area contributed by atoms with E-state index in [1.165, 1.54) is 19.3 Å². The number of hydrogen-bond acceptors (Lipinski definition) is 3. The zero-order valence-electron chi connectivity index (χ0n) is 11.1. The Morgan fingerprint density at radius 2 is 1.95 bits per heavy atom. The van der Waals surface area contributed by atoms with Crippen molar-refractivity contribution < 1.29 is 9.84 Å². The number of phenolic OH excluding ortho intramolecular Hbond substituents is 1. The highest BCUT2D eigenvalue weighted by Crippen LogP contribution is 2.40. The van der Waals surface area contributed by atoms with Crippen molar-refractivity contribution >= 4 is 28.3 Å². The molecule has 3 nitrogen and oxygen atoms in total. The Kier molecular flexibility index (Phi) is 6.43. The van der Waals surface area contributed by atoms with Gasteiger partial charge in [-0.2, -0.15) is 0 Å². The average Bonchev–Trinajstić information content (AvgIpc) is 2.42. The van der Waals surface area contributed by atoms with E-state index in [-0.39, 0.29) is 24.2 Å². The van der Waals surface area contributed by atoms with Crippen LogP contribution in [0.15, 0.2) is 16.6 Å². The third-order valence-electron chi connectivity index (χ3n) is 3.82. The molecule has 1 aromatic carbocycles. The number of ether oxygens (including phenoxy) is 1. The smallest absolute Gasteiger partial charge is 0.134 e. The third-order valence-corrected chi connectivity index (χ3v) is 4.42. The van der Waals surface area contributed by atoms with Crippen molar-refractivity contribution in [3.8, 4) is 11.5 Å². The molecule has 108 valence electrons. The molecule has 0 unspecified atom stereocenters. The molecule has 0 radical (unpaired) electrons. The second kappa shape index (κ2) is 7.36. The fourth-order valence-corrected chi connectivity index (χ4v) is 3.17. The zero-order chi connectivity index (χ0) is 13.1. The minimum atomic E-state index is -0.114. The predicted molar refractivity (Wildman–Crippen MR) is 83.1 cm³/mol. The lowest BCUT2D eigenvalue weighted by atomic mass is 9.81. The first-order valence-electron chi connectivity index (χ1n) is 6.45. The summed E-state index contributed by atoms with van der Waals surface area (Å²) in [6.45, 7) is 0. The lowest BCUT2D eigenvalue weighted by Crippen LogP contribution is -2.23. The molecule has 3 N–H and O–H groups in total. The molecule has 1 aliphatic rings. The van der Waals surface area contributed by atoms with Crippen molar-refractivity contribution in [2.45, 2.75) is 38.1 Å². The highest BCUT2D eigenvalue weighted by atomic mass is 79.9. The molecule has 0 amide bonds. The first kappa shape index (κ1) is 16.6. The number of benzene rings is 1. The van der Waals surface area contributed by atoms with E-state index in [0.29, 0.717) is 10.4 Å². The number of methoxy groups -OCH3 is 1. The first-order chi connectivity index (χ1) is 8.63. The molecule has 1 fully saturated rings. The Labute approximate surface area is 129 Å². The maximum atomic E-state index is 10.1. The van der Waals surface area contributed by atoms with Gasteiger partial charge < -0.3 is 15.6 Å². The summed E-state index contributed by atoms with van der Waals surface area (Å²) in [5.41, 5.74) is 7.11. The summed E-state index contributed by atoms with van der Waals surface area (Å²) in [4.78, 5) is 0. The van der Waals surface area contributed by atoms with Crippen LogP contribution in [0, 0.1) is 5.92 Å². The van der Waals surface area contributed by atoms with E-state index < -0.39 is 0 Å². The molecule has 0 saturated heterocycles. The number of halogens is 2. The zero-order valence-corrected chi connectivity index (χ0v) is 13.5. The maximum Gasteiger partial charge on any atom is 0.134 e. The molecule has 0 aromatic heterocycles. The Morgan fingerprint density at radius 1 is 1.32 bits per heavy atom. The van der Waals surface area contributed by atoms with Crippen LogP contribution in [0.4, 0.5) is 0 Å². The summed E-state index contributed by atoms with van der Waals surface area (Å²) >= 11 is 3.34. The normalized spacial score (nSPS) is 17.6. The van der Waals surface area contributed by atoms with Gasteiger partial charge in [-0.25, -0.2) is 0 Å². The van der Waals surface area contributed by atoms with Crippen LogP contribution in [0.25, 0.3) is 0 Å². The Hall–Kier alpha value is -0.450. The lowest BCUT2D eigenvalue weighted by molar-refractivity contribution is 0.302. The standard InChI is InChI=1S/C14H20BrNO2.ClH/c1-18-10-7-11(14(17)12(15)8-10)13(16)9-5-3-2-4-6-9;/h7-9,13,17H,2-6,16H2,1H3;1H/t13-;/m0./s1. The molecular formula is C14H21BrClNO2. The average molecular weight is 351 g/mol. The van der Waals surface area contributed by atoms with Gasteiger partial charge in [0.2, 0.25) is 0 Å². The SMILES string of the molecule is COc1cc(Br)c(O)c([C@@H](N)C2CCCCC2)c1.Cl.